The Balaban J connectivity index is 0.891. The molecule has 0 spiro atoms. The first kappa shape index (κ1) is 42.1. The minimum atomic E-state index is -1.17. The number of hydrogen-bond donors (Lipinski definition) is 4. The molecule has 1 saturated carbocycles. The standard InChI is InChI=1S/C50H52N8O6/c1-56(50(62)63)44(36-14-7-4-8-15-36)48(60)57-27-11-18-41(57)45-51-29-38(53-45)33-23-19-31(20-24-33)32-21-25-34(26-22-32)39-30-52-46(54-39)42-28-37-16-9-10-17-40(37)58(42)47(59)43(55-49(61)64-2)35-12-5-3-6-13-35/h3-8,12-15,19-26,29-30,37,40-44H,9-11,16-18,27-28H2,1-2H3,(H,51,53)(H,52,54)(H,55,61)(H,62,63)/t37?,40?,41-,42-,43+,44+/m0/s1. The van der Waals surface area contributed by atoms with Gasteiger partial charge in [-0.3, -0.25) is 14.5 Å². The van der Waals surface area contributed by atoms with E-state index in [1.807, 2.05) is 65.8 Å². The molecule has 3 aliphatic rings. The molecule has 2 aliphatic heterocycles. The van der Waals surface area contributed by atoms with Crippen LogP contribution in [-0.2, 0) is 14.3 Å². The van der Waals surface area contributed by atoms with Gasteiger partial charge in [-0.15, -0.1) is 0 Å². The maximum atomic E-state index is 14.6. The molecular formula is C50H52N8O6. The third kappa shape index (κ3) is 8.35. The molecule has 4 heterocycles. The van der Waals surface area contributed by atoms with Gasteiger partial charge in [-0.25, -0.2) is 19.6 Å². The van der Waals surface area contributed by atoms with Crippen LogP contribution in [0, 0.1) is 5.92 Å². The average Bonchev–Trinajstić information content (AvgIpc) is 4.18. The monoisotopic (exact) mass is 860 g/mol. The van der Waals surface area contributed by atoms with Crippen molar-refractivity contribution in [3.8, 4) is 33.6 Å². The first-order valence-electron chi connectivity index (χ1n) is 22.0. The van der Waals surface area contributed by atoms with Gasteiger partial charge in [0.05, 0.1) is 36.8 Å². The van der Waals surface area contributed by atoms with E-state index in [-0.39, 0.29) is 29.9 Å². The number of ether oxygens (including phenoxy) is 1. The number of aromatic nitrogens is 4. The van der Waals surface area contributed by atoms with E-state index >= 15 is 0 Å². The van der Waals surface area contributed by atoms with Gasteiger partial charge in [-0.2, -0.15) is 0 Å². The van der Waals surface area contributed by atoms with Crippen LogP contribution in [0.15, 0.2) is 122 Å². The Labute approximate surface area is 371 Å². The van der Waals surface area contributed by atoms with E-state index in [1.165, 1.54) is 14.2 Å². The van der Waals surface area contributed by atoms with Crippen LogP contribution in [0.4, 0.5) is 9.59 Å². The third-order valence-electron chi connectivity index (χ3n) is 13.3. The zero-order valence-corrected chi connectivity index (χ0v) is 35.9. The fraction of sp³-hybridized carbons (Fsp3) is 0.320. The molecule has 0 radical (unpaired) electrons. The van der Waals surface area contributed by atoms with Crippen LogP contribution in [-0.4, -0.2) is 90.5 Å². The van der Waals surface area contributed by atoms with Gasteiger partial charge < -0.3 is 34.9 Å². The number of carbonyl (C=O) groups is 4. The van der Waals surface area contributed by atoms with Crippen LogP contribution in [0.25, 0.3) is 33.6 Å². The molecule has 6 atom stereocenters. The first-order valence-corrected chi connectivity index (χ1v) is 22.0. The summed E-state index contributed by atoms with van der Waals surface area (Å²) in [4.78, 5) is 74.5. The van der Waals surface area contributed by atoms with Crippen molar-refractivity contribution in [2.45, 2.75) is 75.2 Å². The Morgan fingerprint density at radius 3 is 2.08 bits per heavy atom. The van der Waals surface area contributed by atoms with Crippen molar-refractivity contribution in [3.05, 3.63) is 144 Å². The van der Waals surface area contributed by atoms with E-state index in [9.17, 15) is 24.3 Å². The normalized spacial score (nSPS) is 20.3. The summed E-state index contributed by atoms with van der Waals surface area (Å²) in [5, 5.41) is 12.6. The van der Waals surface area contributed by atoms with Gasteiger partial charge in [0.25, 0.3) is 11.8 Å². The van der Waals surface area contributed by atoms with E-state index in [2.05, 4.69) is 51.7 Å². The van der Waals surface area contributed by atoms with E-state index in [1.54, 1.807) is 29.2 Å². The molecule has 4 aromatic carbocycles. The highest BCUT2D eigenvalue weighted by Gasteiger charge is 2.48. The summed E-state index contributed by atoms with van der Waals surface area (Å²) in [5.74, 6) is 1.33. The number of likely N-dealkylation sites (N-methyl/N-ethyl adjacent to an activating group) is 1. The summed E-state index contributed by atoms with van der Waals surface area (Å²) >= 11 is 0. The summed E-state index contributed by atoms with van der Waals surface area (Å²) in [6.45, 7) is 0.513. The van der Waals surface area contributed by atoms with Gasteiger partial charge in [-0.05, 0) is 65.8 Å². The van der Waals surface area contributed by atoms with Crippen LogP contribution in [0.1, 0.15) is 91.9 Å². The number of likely N-dealkylation sites (tertiary alicyclic amines) is 2. The van der Waals surface area contributed by atoms with Crippen LogP contribution in [0.5, 0.6) is 0 Å². The van der Waals surface area contributed by atoms with Crippen molar-refractivity contribution in [1.29, 1.82) is 0 Å². The highest BCUT2D eigenvalue weighted by molar-refractivity contribution is 5.88. The number of rotatable bonds is 11. The number of carbonyl (C=O) groups excluding carboxylic acids is 3. The molecule has 1 aliphatic carbocycles. The number of imidazole rings is 2. The Bertz CT molecular complexity index is 2600. The second kappa shape index (κ2) is 18.2. The predicted octanol–water partition coefficient (Wildman–Crippen LogP) is 9.08. The first-order chi connectivity index (χ1) is 31.2. The van der Waals surface area contributed by atoms with Crippen molar-refractivity contribution in [2.24, 2.45) is 5.92 Å². The molecular weight excluding hydrogens is 809 g/mol. The van der Waals surface area contributed by atoms with Gasteiger partial charge >= 0.3 is 12.2 Å². The van der Waals surface area contributed by atoms with Gasteiger partial charge in [0.1, 0.15) is 23.7 Å². The third-order valence-corrected chi connectivity index (χ3v) is 13.3. The van der Waals surface area contributed by atoms with Gasteiger partial charge in [0, 0.05) is 31.4 Å². The number of fused-ring (bicyclic) bond motifs is 1. The summed E-state index contributed by atoms with van der Waals surface area (Å²) in [6.07, 6.45) is 8.32. The number of hydrogen-bond acceptors (Lipinski definition) is 7. The van der Waals surface area contributed by atoms with Crippen LogP contribution >= 0.6 is 0 Å². The minimum Gasteiger partial charge on any atom is -0.465 e. The summed E-state index contributed by atoms with van der Waals surface area (Å²) in [7, 11) is 2.73. The Morgan fingerprint density at radius 1 is 0.766 bits per heavy atom. The number of H-pyrrole nitrogens is 2. The fourth-order valence-corrected chi connectivity index (χ4v) is 10.0. The van der Waals surface area contributed by atoms with Crippen molar-refractivity contribution in [1.82, 2.24) is 40.0 Å². The zero-order chi connectivity index (χ0) is 44.3. The van der Waals surface area contributed by atoms with Gasteiger partial charge in [0.2, 0.25) is 0 Å². The van der Waals surface area contributed by atoms with Crippen LogP contribution in [0.3, 0.4) is 0 Å². The molecule has 2 unspecified atom stereocenters. The van der Waals surface area contributed by atoms with Crippen molar-refractivity contribution in [2.75, 3.05) is 20.7 Å². The molecule has 64 heavy (non-hydrogen) atoms. The molecule has 2 aromatic heterocycles. The highest BCUT2D eigenvalue weighted by Crippen LogP contribution is 2.47. The summed E-state index contributed by atoms with van der Waals surface area (Å²) in [6, 6.07) is 32.5. The summed E-state index contributed by atoms with van der Waals surface area (Å²) in [5.41, 5.74) is 6.90. The Morgan fingerprint density at radius 2 is 1.41 bits per heavy atom. The number of nitrogens with one attached hydrogen (secondary N) is 3. The number of methoxy groups -OCH3 is 1. The molecule has 6 aromatic rings. The molecule has 9 rings (SSSR count). The SMILES string of the molecule is COC(=O)N[C@@H](C(=O)N1C2CCCCC2C[C@H]1c1ncc(-c2ccc(-c3ccc(-c4c[nH]c([C@@H]5CCCN5C(=O)[C@@H](c5ccccc5)N(C)C(=O)O)n4)cc3)cc2)[nH]1)c1ccccc1. The van der Waals surface area contributed by atoms with E-state index in [0.717, 1.165) is 89.3 Å². The van der Waals surface area contributed by atoms with E-state index < -0.39 is 24.3 Å². The second-order valence-electron chi connectivity index (χ2n) is 17.0. The van der Waals surface area contributed by atoms with Gasteiger partial charge in [0.15, 0.2) is 0 Å². The number of carboxylic acid groups (broad SMARTS) is 1. The molecule has 4 amide bonds. The number of alkyl carbamates (subject to hydrolysis) is 1. The Kier molecular flexibility index (Phi) is 12.0. The molecule has 3 fully saturated rings. The minimum absolute atomic E-state index is 0.0622. The number of aromatic amines is 2. The van der Waals surface area contributed by atoms with Gasteiger partial charge in [-0.1, -0.05) is 122 Å². The fourth-order valence-electron chi connectivity index (χ4n) is 10.0. The average molecular weight is 861 g/mol. The molecule has 328 valence electrons. The van der Waals surface area contributed by atoms with Crippen molar-refractivity contribution in [3.63, 3.8) is 0 Å². The largest absolute Gasteiger partial charge is 0.465 e. The van der Waals surface area contributed by atoms with E-state index in [4.69, 9.17) is 14.7 Å². The zero-order valence-electron chi connectivity index (χ0n) is 35.9. The number of amides is 4. The van der Waals surface area contributed by atoms with Crippen LogP contribution < -0.4 is 5.32 Å². The van der Waals surface area contributed by atoms with E-state index in [0.29, 0.717) is 29.4 Å². The topological polar surface area (TPSA) is 177 Å². The number of benzene rings is 4. The second-order valence-corrected chi connectivity index (χ2v) is 17.0. The number of nitrogens with zero attached hydrogens (tertiary/aromatic N) is 5. The maximum absolute atomic E-state index is 14.6. The lowest BCUT2D eigenvalue weighted by atomic mass is 9.84. The lowest BCUT2D eigenvalue weighted by Crippen LogP contribution is -2.47. The van der Waals surface area contributed by atoms with Crippen LogP contribution in [0.2, 0.25) is 0 Å². The quantitative estimate of drug-likeness (QED) is 0.0997. The van der Waals surface area contributed by atoms with Crippen molar-refractivity contribution >= 4 is 24.0 Å². The lowest BCUT2D eigenvalue weighted by Gasteiger charge is -2.36. The molecule has 14 nitrogen and oxygen atoms in total. The maximum Gasteiger partial charge on any atom is 0.407 e. The Hall–Kier alpha value is -7.22. The molecule has 2 saturated heterocycles. The van der Waals surface area contributed by atoms with Crippen molar-refractivity contribution < 1.29 is 29.0 Å². The molecule has 0 bridgehead atoms. The predicted molar refractivity (Wildman–Crippen MR) is 240 cm³/mol. The molecule has 4 N–H and O–H groups in total. The molecule has 14 heteroatoms. The smallest absolute Gasteiger partial charge is 0.407 e. The summed E-state index contributed by atoms with van der Waals surface area (Å²) < 4.78 is 4.93. The highest BCUT2D eigenvalue weighted by atomic mass is 16.5. The lowest BCUT2D eigenvalue weighted by molar-refractivity contribution is -0.138.